The van der Waals surface area contributed by atoms with Crippen molar-refractivity contribution in [3.63, 3.8) is 0 Å². The molecule has 0 amide bonds. The van der Waals surface area contributed by atoms with E-state index in [0.717, 1.165) is 0 Å². The van der Waals surface area contributed by atoms with E-state index in [-0.39, 0.29) is 55.6 Å². The summed E-state index contributed by atoms with van der Waals surface area (Å²) in [7, 11) is 0. The van der Waals surface area contributed by atoms with Crippen molar-refractivity contribution in [3.8, 4) is 0 Å². The Balaban J connectivity index is -0.000000106. The minimum atomic E-state index is -0.167. The van der Waals surface area contributed by atoms with Gasteiger partial charge >= 0.3 is 0 Å². The van der Waals surface area contributed by atoms with Crippen LogP contribution in [0, 0.1) is 21.7 Å². The number of aliphatic hydroxyl groups excluding tert-OH is 4. The molecule has 0 spiro atoms. The van der Waals surface area contributed by atoms with Gasteiger partial charge in [0, 0.05) is 44.8 Å². The first-order valence-corrected chi connectivity index (χ1v) is 10.9. The number of rotatable bonds is 0. The molecule has 4 nitrogen and oxygen atoms in total. The fraction of sp³-hybridized carbons (Fsp3) is 0.846. The zero-order valence-corrected chi connectivity index (χ0v) is 25.2. The maximum atomic E-state index is 9.58. The Bertz CT molecular complexity index is 426. The molecule has 0 rings (SSSR count). The van der Waals surface area contributed by atoms with Crippen LogP contribution in [0.3, 0.4) is 0 Å². The third-order valence-corrected chi connectivity index (χ3v) is 2.68. The maximum absolute atomic E-state index is 9.58. The molecule has 0 saturated carbocycles. The second kappa shape index (κ2) is 17.2. The summed E-state index contributed by atoms with van der Waals surface area (Å²) in [6.45, 7) is 31.4. The largest absolute Gasteiger partial charge is 0.512 e. The van der Waals surface area contributed by atoms with Crippen molar-refractivity contribution in [3.05, 3.63) is 23.7 Å². The van der Waals surface area contributed by atoms with Crippen molar-refractivity contribution in [1.29, 1.82) is 0 Å². The molecule has 0 radical (unpaired) electrons. The van der Waals surface area contributed by atoms with Gasteiger partial charge in [0.1, 0.15) is 0 Å². The van der Waals surface area contributed by atoms with Crippen LogP contribution in [0.15, 0.2) is 23.7 Å². The van der Waals surface area contributed by atoms with E-state index in [4.69, 9.17) is 10.2 Å². The average Bonchev–Trinajstić information content (AvgIpc) is 2.31. The van der Waals surface area contributed by atoms with Crippen LogP contribution in [-0.4, -0.2) is 32.6 Å². The summed E-state index contributed by atoms with van der Waals surface area (Å²) in [5.41, 5.74) is -0.102. The summed E-state index contributed by atoms with van der Waals surface area (Å²) in [4.78, 5) is 0. The van der Waals surface area contributed by atoms with E-state index in [0.29, 0.717) is 11.5 Å². The van der Waals surface area contributed by atoms with Crippen LogP contribution in [-0.2, 0) is 21.7 Å². The van der Waals surface area contributed by atoms with Gasteiger partial charge in [0.05, 0.1) is 11.5 Å². The SMILES string of the molecule is CC(C)(C)C=C(O)C(C)(C)C.CC(C)(C)C=C(O)C(C)(C)C.CC(C)O.CC(C)O.[Ti]. The molecular formula is C26H56O4Ti. The molecule has 0 aromatic rings. The number of hydrogen-bond acceptors (Lipinski definition) is 4. The molecule has 0 aliphatic rings. The molecule has 5 heteroatoms. The fourth-order valence-corrected chi connectivity index (χ4v) is 1.25. The van der Waals surface area contributed by atoms with Gasteiger partial charge in [0.15, 0.2) is 0 Å². The predicted molar refractivity (Wildman–Crippen MR) is 134 cm³/mol. The summed E-state index contributed by atoms with van der Waals surface area (Å²) in [6, 6.07) is 0. The first kappa shape index (κ1) is 41.0. The third-order valence-electron chi connectivity index (χ3n) is 2.68. The average molecular weight is 481 g/mol. The topological polar surface area (TPSA) is 80.9 Å². The second-order valence-corrected chi connectivity index (χ2v) is 12.5. The van der Waals surface area contributed by atoms with Crippen LogP contribution in [0.2, 0.25) is 0 Å². The van der Waals surface area contributed by atoms with E-state index in [1.807, 2.05) is 53.7 Å². The van der Waals surface area contributed by atoms with Crippen LogP contribution in [0.4, 0.5) is 0 Å². The number of allylic oxidation sites excluding steroid dienone is 4. The normalized spacial score (nSPS) is 13.2. The van der Waals surface area contributed by atoms with Gasteiger partial charge in [-0.05, 0) is 50.7 Å². The standard InChI is InChI=1S/2C10H20O.2C3H8O.Ti/c2*1-9(2,3)7-8(11)10(4,5)6;2*1-3(2)4;/h2*7,11H,1-6H3;2*3-4H,1-2H3;. The predicted octanol–water partition coefficient (Wildman–Crippen LogP) is 7.81. The first-order valence-electron chi connectivity index (χ1n) is 10.9. The molecule has 188 valence electrons. The summed E-state index contributed by atoms with van der Waals surface area (Å²) in [5, 5.41) is 35.3. The molecule has 0 aliphatic heterocycles. The van der Waals surface area contributed by atoms with Crippen LogP contribution in [0.1, 0.15) is 111 Å². The molecule has 0 aliphatic carbocycles. The van der Waals surface area contributed by atoms with Crippen molar-refractivity contribution >= 4 is 0 Å². The van der Waals surface area contributed by atoms with Crippen LogP contribution >= 0.6 is 0 Å². The fourth-order valence-electron chi connectivity index (χ4n) is 1.25. The Labute approximate surface area is 210 Å². The Hall–Kier alpha value is -0.286. The van der Waals surface area contributed by atoms with Crippen molar-refractivity contribution < 1.29 is 42.1 Å². The van der Waals surface area contributed by atoms with Gasteiger partial charge in [-0.25, -0.2) is 0 Å². The maximum Gasteiger partial charge on any atom is 0.0941 e. The quantitative estimate of drug-likeness (QED) is 0.210. The van der Waals surface area contributed by atoms with Crippen LogP contribution in [0.25, 0.3) is 0 Å². The van der Waals surface area contributed by atoms with Gasteiger partial charge in [0.25, 0.3) is 0 Å². The molecule has 4 N–H and O–H groups in total. The molecule has 0 saturated heterocycles. The Morgan fingerprint density at radius 2 is 0.645 bits per heavy atom. The van der Waals surface area contributed by atoms with E-state index >= 15 is 0 Å². The minimum Gasteiger partial charge on any atom is -0.512 e. The summed E-state index contributed by atoms with van der Waals surface area (Å²) >= 11 is 0. The number of hydrogen-bond donors (Lipinski definition) is 4. The minimum absolute atomic E-state index is 0. The Morgan fingerprint density at radius 1 is 0.516 bits per heavy atom. The van der Waals surface area contributed by atoms with E-state index in [9.17, 15) is 10.2 Å². The van der Waals surface area contributed by atoms with Crippen LogP contribution < -0.4 is 0 Å². The van der Waals surface area contributed by atoms with E-state index in [1.54, 1.807) is 27.7 Å². The first-order chi connectivity index (χ1) is 12.7. The van der Waals surface area contributed by atoms with E-state index in [1.165, 1.54) is 0 Å². The third kappa shape index (κ3) is 48.4. The van der Waals surface area contributed by atoms with Crippen LogP contribution in [0.5, 0.6) is 0 Å². The second-order valence-electron chi connectivity index (χ2n) is 12.5. The van der Waals surface area contributed by atoms with Gasteiger partial charge in [-0.2, -0.15) is 0 Å². The number of aliphatic hydroxyl groups is 4. The van der Waals surface area contributed by atoms with E-state index < -0.39 is 0 Å². The molecule has 0 atom stereocenters. The molecule has 0 heterocycles. The molecular weight excluding hydrogens is 424 g/mol. The summed E-state index contributed by atoms with van der Waals surface area (Å²) in [6.07, 6.45) is 3.49. The molecule has 0 aromatic carbocycles. The van der Waals surface area contributed by atoms with Crippen molar-refractivity contribution in [2.24, 2.45) is 21.7 Å². The zero-order chi connectivity index (χ0) is 25.7. The Kier molecular flexibility index (Phi) is 22.8. The monoisotopic (exact) mass is 480 g/mol. The van der Waals surface area contributed by atoms with Gasteiger partial charge in [0.2, 0.25) is 0 Å². The Morgan fingerprint density at radius 3 is 0.677 bits per heavy atom. The molecule has 0 aromatic heterocycles. The van der Waals surface area contributed by atoms with Gasteiger partial charge in [-0.3, -0.25) is 0 Å². The molecule has 31 heavy (non-hydrogen) atoms. The summed E-state index contributed by atoms with van der Waals surface area (Å²) < 4.78 is 0. The van der Waals surface area contributed by atoms with Gasteiger partial charge < -0.3 is 20.4 Å². The van der Waals surface area contributed by atoms with Crippen molar-refractivity contribution in [2.75, 3.05) is 0 Å². The zero-order valence-electron chi connectivity index (χ0n) is 23.6. The molecule has 0 unspecified atom stereocenters. The van der Waals surface area contributed by atoms with Gasteiger partial charge in [-0.15, -0.1) is 0 Å². The smallest absolute Gasteiger partial charge is 0.0941 e. The van der Waals surface area contributed by atoms with E-state index in [2.05, 4.69) is 41.5 Å². The summed E-state index contributed by atoms with van der Waals surface area (Å²) in [5.74, 6) is 0.954. The van der Waals surface area contributed by atoms with Crippen molar-refractivity contribution in [2.45, 2.75) is 123 Å². The van der Waals surface area contributed by atoms with Gasteiger partial charge in [-0.1, -0.05) is 83.1 Å². The molecule has 0 bridgehead atoms. The van der Waals surface area contributed by atoms with Crippen molar-refractivity contribution in [1.82, 2.24) is 0 Å². The molecule has 0 fully saturated rings.